The second-order valence-corrected chi connectivity index (χ2v) is 3.62. The van der Waals surface area contributed by atoms with Crippen molar-refractivity contribution in [1.29, 1.82) is 0 Å². The summed E-state index contributed by atoms with van der Waals surface area (Å²) in [4.78, 5) is 2.42. The topological polar surface area (TPSA) is 24.5 Å². The molecule has 3 heteroatoms. The second-order valence-electron chi connectivity index (χ2n) is 3.62. The smallest absolute Gasteiger partial charge is 0.0593 e. The molecule has 0 saturated heterocycles. The van der Waals surface area contributed by atoms with Gasteiger partial charge in [0.05, 0.1) is 6.61 Å². The largest absolute Gasteiger partial charge is 0.380 e. The summed E-state index contributed by atoms with van der Waals surface area (Å²) < 4.78 is 5.36. The maximum Gasteiger partial charge on any atom is 0.0593 e. The minimum atomic E-state index is 0.551. The van der Waals surface area contributed by atoms with Crippen molar-refractivity contribution in [1.82, 2.24) is 10.2 Å². The van der Waals surface area contributed by atoms with E-state index in [4.69, 9.17) is 4.74 Å². The SMILES string of the molecule is C=CCNCC(C)N(CC)CCOCC. The van der Waals surface area contributed by atoms with Gasteiger partial charge in [-0.3, -0.25) is 4.90 Å². The first-order chi connectivity index (χ1) is 7.26. The van der Waals surface area contributed by atoms with Crippen LogP contribution in [0.3, 0.4) is 0 Å². The van der Waals surface area contributed by atoms with Gasteiger partial charge in [0.2, 0.25) is 0 Å². The number of nitrogens with one attached hydrogen (secondary N) is 1. The van der Waals surface area contributed by atoms with E-state index in [9.17, 15) is 0 Å². The van der Waals surface area contributed by atoms with Crippen molar-refractivity contribution in [2.75, 3.05) is 39.4 Å². The molecular formula is C12H26N2O. The van der Waals surface area contributed by atoms with Crippen LogP contribution in [0.15, 0.2) is 12.7 Å². The molecule has 0 aromatic heterocycles. The molecule has 0 amide bonds. The van der Waals surface area contributed by atoms with Gasteiger partial charge in [-0.1, -0.05) is 13.0 Å². The van der Waals surface area contributed by atoms with Crippen molar-refractivity contribution in [3.63, 3.8) is 0 Å². The Kier molecular flexibility index (Phi) is 9.89. The highest BCUT2D eigenvalue weighted by Gasteiger charge is 2.10. The third kappa shape index (κ3) is 7.54. The van der Waals surface area contributed by atoms with Crippen LogP contribution in [0.25, 0.3) is 0 Å². The maximum atomic E-state index is 5.36. The number of rotatable bonds is 10. The van der Waals surface area contributed by atoms with Crippen molar-refractivity contribution < 1.29 is 4.74 Å². The van der Waals surface area contributed by atoms with E-state index >= 15 is 0 Å². The Balaban J connectivity index is 3.66. The fourth-order valence-corrected chi connectivity index (χ4v) is 1.54. The molecule has 0 saturated carbocycles. The zero-order chi connectivity index (χ0) is 11.5. The number of hydrogen-bond donors (Lipinski definition) is 1. The van der Waals surface area contributed by atoms with E-state index in [1.807, 2.05) is 13.0 Å². The summed E-state index contributed by atoms with van der Waals surface area (Å²) in [6, 6.07) is 0.551. The van der Waals surface area contributed by atoms with Crippen LogP contribution in [0.2, 0.25) is 0 Å². The predicted octanol–water partition coefficient (Wildman–Crippen LogP) is 1.51. The van der Waals surface area contributed by atoms with E-state index in [1.165, 1.54) is 0 Å². The zero-order valence-electron chi connectivity index (χ0n) is 10.5. The molecule has 1 N–H and O–H groups in total. The minimum absolute atomic E-state index is 0.551. The number of likely N-dealkylation sites (N-methyl/N-ethyl adjacent to an activating group) is 1. The van der Waals surface area contributed by atoms with Gasteiger partial charge in [-0.15, -0.1) is 6.58 Å². The molecule has 0 aromatic carbocycles. The highest BCUT2D eigenvalue weighted by Crippen LogP contribution is 1.97. The lowest BCUT2D eigenvalue weighted by molar-refractivity contribution is 0.100. The van der Waals surface area contributed by atoms with Gasteiger partial charge in [0, 0.05) is 32.3 Å². The van der Waals surface area contributed by atoms with Crippen molar-refractivity contribution in [2.45, 2.75) is 26.8 Å². The Morgan fingerprint density at radius 2 is 2.20 bits per heavy atom. The second kappa shape index (κ2) is 10.1. The van der Waals surface area contributed by atoms with E-state index in [1.54, 1.807) is 0 Å². The maximum absolute atomic E-state index is 5.36. The van der Waals surface area contributed by atoms with E-state index < -0.39 is 0 Å². The molecule has 1 unspecified atom stereocenters. The number of hydrogen-bond acceptors (Lipinski definition) is 3. The molecule has 0 aliphatic rings. The van der Waals surface area contributed by atoms with Gasteiger partial charge >= 0.3 is 0 Å². The third-order valence-corrected chi connectivity index (χ3v) is 2.48. The van der Waals surface area contributed by atoms with Gasteiger partial charge in [-0.2, -0.15) is 0 Å². The normalized spacial score (nSPS) is 13.1. The molecule has 3 nitrogen and oxygen atoms in total. The van der Waals surface area contributed by atoms with Crippen LogP contribution in [0.5, 0.6) is 0 Å². The summed E-state index contributed by atoms with van der Waals surface area (Å²) in [6.45, 7) is 15.8. The molecular weight excluding hydrogens is 188 g/mol. The monoisotopic (exact) mass is 214 g/mol. The Bertz CT molecular complexity index is 151. The first-order valence-corrected chi connectivity index (χ1v) is 5.89. The number of ether oxygens (including phenoxy) is 1. The lowest BCUT2D eigenvalue weighted by Crippen LogP contribution is -2.42. The standard InChI is InChI=1S/C12H26N2O/c1-5-8-13-11-12(4)14(6-2)9-10-15-7-3/h5,12-13H,1,6-11H2,2-4H3. The van der Waals surface area contributed by atoms with E-state index in [-0.39, 0.29) is 0 Å². The molecule has 0 aliphatic heterocycles. The van der Waals surface area contributed by atoms with Crippen LogP contribution in [0.1, 0.15) is 20.8 Å². The quantitative estimate of drug-likeness (QED) is 0.441. The fraction of sp³-hybridized carbons (Fsp3) is 0.833. The molecule has 0 rings (SSSR count). The van der Waals surface area contributed by atoms with Crippen molar-refractivity contribution in [3.8, 4) is 0 Å². The highest BCUT2D eigenvalue weighted by molar-refractivity contribution is 4.74. The van der Waals surface area contributed by atoms with Gasteiger partial charge in [0.15, 0.2) is 0 Å². The van der Waals surface area contributed by atoms with E-state index in [0.717, 1.165) is 39.4 Å². The summed E-state index contributed by atoms with van der Waals surface area (Å²) in [5.41, 5.74) is 0. The molecule has 0 aliphatic carbocycles. The average Bonchev–Trinajstić information content (AvgIpc) is 2.24. The van der Waals surface area contributed by atoms with Crippen LogP contribution in [-0.2, 0) is 4.74 Å². The zero-order valence-corrected chi connectivity index (χ0v) is 10.5. The molecule has 0 bridgehead atoms. The summed E-state index contributed by atoms with van der Waals surface area (Å²) in [6.07, 6.45) is 1.89. The summed E-state index contributed by atoms with van der Waals surface area (Å²) in [7, 11) is 0. The van der Waals surface area contributed by atoms with Crippen LogP contribution >= 0.6 is 0 Å². The van der Waals surface area contributed by atoms with Crippen molar-refractivity contribution in [3.05, 3.63) is 12.7 Å². The lowest BCUT2D eigenvalue weighted by atomic mass is 10.2. The minimum Gasteiger partial charge on any atom is -0.380 e. The van der Waals surface area contributed by atoms with Crippen LogP contribution in [0.4, 0.5) is 0 Å². The molecule has 1 atom stereocenters. The first kappa shape index (κ1) is 14.6. The van der Waals surface area contributed by atoms with Crippen LogP contribution < -0.4 is 5.32 Å². The average molecular weight is 214 g/mol. The van der Waals surface area contributed by atoms with Crippen molar-refractivity contribution in [2.24, 2.45) is 0 Å². The van der Waals surface area contributed by atoms with E-state index in [2.05, 4.69) is 30.6 Å². The fourth-order valence-electron chi connectivity index (χ4n) is 1.54. The molecule has 0 radical (unpaired) electrons. The lowest BCUT2D eigenvalue weighted by Gasteiger charge is -2.27. The van der Waals surface area contributed by atoms with E-state index in [0.29, 0.717) is 6.04 Å². The summed E-state index contributed by atoms with van der Waals surface area (Å²) >= 11 is 0. The molecule has 90 valence electrons. The van der Waals surface area contributed by atoms with Crippen LogP contribution in [0, 0.1) is 0 Å². The van der Waals surface area contributed by atoms with Gasteiger partial charge in [-0.05, 0) is 20.4 Å². The molecule has 0 heterocycles. The Labute approximate surface area is 94.5 Å². The van der Waals surface area contributed by atoms with Crippen LogP contribution in [-0.4, -0.2) is 50.3 Å². The Morgan fingerprint density at radius 1 is 1.47 bits per heavy atom. The van der Waals surface area contributed by atoms with Gasteiger partial charge < -0.3 is 10.1 Å². The first-order valence-electron chi connectivity index (χ1n) is 5.89. The Morgan fingerprint density at radius 3 is 2.73 bits per heavy atom. The summed E-state index contributed by atoms with van der Waals surface area (Å²) in [5, 5.41) is 3.34. The van der Waals surface area contributed by atoms with Gasteiger partial charge in [0.1, 0.15) is 0 Å². The molecule has 0 spiro atoms. The predicted molar refractivity (Wildman–Crippen MR) is 66.3 cm³/mol. The summed E-state index contributed by atoms with van der Waals surface area (Å²) in [5.74, 6) is 0. The molecule has 0 aromatic rings. The number of nitrogens with zero attached hydrogens (tertiary/aromatic N) is 1. The van der Waals surface area contributed by atoms with Gasteiger partial charge in [0.25, 0.3) is 0 Å². The van der Waals surface area contributed by atoms with Crippen molar-refractivity contribution >= 4 is 0 Å². The Hall–Kier alpha value is -0.380. The highest BCUT2D eigenvalue weighted by atomic mass is 16.5. The van der Waals surface area contributed by atoms with Gasteiger partial charge in [-0.25, -0.2) is 0 Å². The third-order valence-electron chi connectivity index (χ3n) is 2.48. The molecule has 15 heavy (non-hydrogen) atoms. The molecule has 0 fully saturated rings.